The SMILES string of the molecule is C.C.C.C.C.C.C.C.CCC/C=C/CC(CC(C)=O)OC(=O)CC(CCCC)OC(=O)CC(C)OC(=O)CC(COc1ccc(C#N)cc1)OC. The average Bonchev–Trinajstić information content (AvgIpc) is 2.95. The monoisotopic (exact) mass is 730 g/mol. The summed E-state index contributed by atoms with van der Waals surface area (Å²) in [6, 6.07) is 8.59. The smallest absolute Gasteiger partial charge is 0.309 e. The van der Waals surface area contributed by atoms with Gasteiger partial charge in [-0.1, -0.05) is 105 Å². The lowest BCUT2D eigenvalue weighted by Crippen LogP contribution is -2.29. The average molecular weight is 730 g/mol. The number of carbonyl (C=O) groups excluding carboxylic acids is 4. The second-order valence-corrected chi connectivity index (χ2v) is 10.5. The summed E-state index contributed by atoms with van der Waals surface area (Å²) in [6.07, 6.45) is 5.47. The van der Waals surface area contributed by atoms with Crippen molar-refractivity contribution in [3.63, 3.8) is 0 Å². The molecule has 0 saturated carbocycles. The Hall–Kier alpha value is -3.71. The Balaban J connectivity index is -0.000000385. The molecule has 302 valence electrons. The second-order valence-electron chi connectivity index (χ2n) is 10.5. The number of hydrogen-bond donors (Lipinski definition) is 0. The van der Waals surface area contributed by atoms with Crippen LogP contribution in [0.2, 0.25) is 0 Å². The lowest BCUT2D eigenvalue weighted by Gasteiger charge is -2.21. The molecule has 0 fully saturated rings. The lowest BCUT2D eigenvalue weighted by molar-refractivity contribution is -0.161. The maximum absolute atomic E-state index is 12.7. The molecule has 0 spiro atoms. The molecule has 0 heterocycles. The van der Waals surface area contributed by atoms with Gasteiger partial charge in [-0.25, -0.2) is 0 Å². The number of unbranched alkanes of at least 4 members (excludes halogenated alkanes) is 2. The fourth-order valence-electron chi connectivity index (χ4n) is 4.07. The molecule has 1 aromatic rings. The number of ketones is 1. The van der Waals surface area contributed by atoms with Gasteiger partial charge in [-0.05, 0) is 51.0 Å². The number of esters is 3. The van der Waals surface area contributed by atoms with Crippen molar-refractivity contribution in [2.45, 2.75) is 176 Å². The number of carbonyl (C=O) groups is 4. The van der Waals surface area contributed by atoms with Crippen molar-refractivity contribution in [2.24, 2.45) is 0 Å². The van der Waals surface area contributed by atoms with Crippen LogP contribution in [0.25, 0.3) is 0 Å². The van der Waals surface area contributed by atoms with E-state index in [1.807, 2.05) is 25.1 Å². The Kier molecular flexibility index (Phi) is 50.3. The Morgan fingerprint density at radius 1 is 0.725 bits per heavy atom. The number of allylic oxidation sites excluding steroid dienone is 1. The molecule has 1 aromatic carbocycles. The maximum Gasteiger partial charge on any atom is 0.309 e. The molecule has 4 unspecified atom stereocenters. The van der Waals surface area contributed by atoms with Crippen molar-refractivity contribution in [2.75, 3.05) is 13.7 Å². The van der Waals surface area contributed by atoms with Gasteiger partial charge in [0, 0.05) is 20.0 Å². The number of methoxy groups -OCH3 is 1. The standard InChI is InChI=1S/C33H47NO9.8CH4/c1-6-8-10-11-13-28(18-24(3)35)42-33(38)20-29(12-9-7-2)43-31(36)19-25(4)41-32(37)21-30(39-5)23-40-27-16-14-26(22-34)15-17-27;;;;;;;;/h10-11,14-17,25,28-30H,6-9,12-13,18-21,23H2,1-5H3;8*1H4/b11-10+;;;;;;;;. The molecular weight excluding hydrogens is 650 g/mol. The largest absolute Gasteiger partial charge is 0.491 e. The summed E-state index contributed by atoms with van der Waals surface area (Å²) >= 11 is 0. The fourth-order valence-corrected chi connectivity index (χ4v) is 4.07. The van der Waals surface area contributed by atoms with Crippen LogP contribution < -0.4 is 4.74 Å². The molecule has 0 amide bonds. The van der Waals surface area contributed by atoms with Gasteiger partial charge in [0.25, 0.3) is 0 Å². The Labute approximate surface area is 314 Å². The van der Waals surface area contributed by atoms with E-state index in [-0.39, 0.29) is 97.5 Å². The maximum atomic E-state index is 12.7. The number of nitriles is 1. The minimum atomic E-state index is -0.759. The molecule has 0 saturated heterocycles. The highest BCUT2D eigenvalue weighted by atomic mass is 16.6. The number of rotatable bonds is 22. The molecule has 1 rings (SSSR count). The van der Waals surface area contributed by atoms with Crippen molar-refractivity contribution in [1.29, 1.82) is 5.26 Å². The molecule has 4 atom stereocenters. The van der Waals surface area contributed by atoms with Crippen molar-refractivity contribution >= 4 is 23.7 Å². The summed E-state index contributed by atoms with van der Waals surface area (Å²) in [7, 11) is 1.45. The molecule has 0 aromatic heterocycles. The van der Waals surface area contributed by atoms with E-state index in [0.717, 1.165) is 25.7 Å². The molecule has 0 bridgehead atoms. The molecule has 0 radical (unpaired) electrons. The molecule has 0 aliphatic rings. The van der Waals surface area contributed by atoms with Crippen molar-refractivity contribution in [3.05, 3.63) is 42.0 Å². The summed E-state index contributed by atoms with van der Waals surface area (Å²) in [6.45, 7) is 7.19. The lowest BCUT2D eigenvalue weighted by atomic mass is 10.1. The summed E-state index contributed by atoms with van der Waals surface area (Å²) in [5.41, 5.74) is 0.507. The van der Waals surface area contributed by atoms with E-state index < -0.39 is 42.3 Å². The molecule has 10 heteroatoms. The predicted octanol–water partition coefficient (Wildman–Crippen LogP) is 10.9. The molecule has 0 N–H and O–H groups in total. The molecule has 10 nitrogen and oxygen atoms in total. The van der Waals surface area contributed by atoms with Crippen molar-refractivity contribution < 1.29 is 42.9 Å². The Morgan fingerprint density at radius 2 is 1.25 bits per heavy atom. The first-order valence-corrected chi connectivity index (χ1v) is 15.0. The Morgan fingerprint density at radius 3 is 1.76 bits per heavy atom. The molecule has 0 aliphatic heterocycles. The van der Waals surface area contributed by atoms with Gasteiger partial charge in [0.05, 0.1) is 30.9 Å². The highest BCUT2D eigenvalue weighted by molar-refractivity contribution is 5.77. The van der Waals surface area contributed by atoms with E-state index >= 15 is 0 Å². The van der Waals surface area contributed by atoms with E-state index in [4.69, 9.17) is 28.9 Å². The van der Waals surface area contributed by atoms with E-state index in [1.165, 1.54) is 14.0 Å². The van der Waals surface area contributed by atoms with Gasteiger partial charge < -0.3 is 23.7 Å². The fraction of sp³-hybridized carbons (Fsp3) is 0.683. The van der Waals surface area contributed by atoms with Gasteiger partial charge in [0.1, 0.15) is 42.6 Å². The van der Waals surface area contributed by atoms with Crippen LogP contribution >= 0.6 is 0 Å². The van der Waals surface area contributed by atoms with Gasteiger partial charge >= 0.3 is 17.9 Å². The number of nitrogens with zero attached hydrogens (tertiary/aromatic N) is 1. The topological polar surface area (TPSA) is 138 Å². The van der Waals surface area contributed by atoms with Crippen LogP contribution in [0.5, 0.6) is 5.75 Å². The third-order valence-electron chi connectivity index (χ3n) is 6.34. The minimum Gasteiger partial charge on any atom is -0.491 e. The minimum absolute atomic E-state index is 0. The summed E-state index contributed by atoms with van der Waals surface area (Å²) in [4.78, 5) is 49.5. The normalized spacial score (nSPS) is 11.6. The third kappa shape index (κ3) is 32.0. The highest BCUT2D eigenvalue weighted by Gasteiger charge is 2.24. The number of Topliss-reactive ketones (excluding diaryl/α,β-unsaturated/α-hetero) is 1. The zero-order chi connectivity index (χ0) is 32.0. The zero-order valence-corrected chi connectivity index (χ0v) is 26.2. The zero-order valence-electron chi connectivity index (χ0n) is 26.2. The molecule has 0 aliphatic carbocycles. The van der Waals surface area contributed by atoms with Crippen LogP contribution in [0, 0.1) is 11.3 Å². The van der Waals surface area contributed by atoms with Crippen molar-refractivity contribution in [3.8, 4) is 11.8 Å². The van der Waals surface area contributed by atoms with E-state index in [1.54, 1.807) is 31.2 Å². The first kappa shape index (κ1) is 65.6. The quantitative estimate of drug-likeness (QED) is 0.0643. The third-order valence-corrected chi connectivity index (χ3v) is 6.34. The first-order chi connectivity index (χ1) is 20.6. The van der Waals surface area contributed by atoms with Gasteiger partial charge in [0.2, 0.25) is 0 Å². The number of ether oxygens (including phenoxy) is 5. The van der Waals surface area contributed by atoms with Crippen LogP contribution in [0.15, 0.2) is 36.4 Å². The highest BCUT2D eigenvalue weighted by Crippen LogP contribution is 2.17. The Bertz CT molecular complexity index is 1060. The van der Waals surface area contributed by atoms with Gasteiger partial charge in [-0.3, -0.25) is 19.2 Å². The van der Waals surface area contributed by atoms with Gasteiger partial charge in [-0.15, -0.1) is 0 Å². The van der Waals surface area contributed by atoms with Crippen LogP contribution in [-0.4, -0.2) is 61.8 Å². The van der Waals surface area contributed by atoms with Crippen LogP contribution in [0.1, 0.15) is 157 Å². The summed E-state index contributed by atoms with van der Waals surface area (Å²) in [5.74, 6) is -1.23. The molecule has 51 heavy (non-hydrogen) atoms. The van der Waals surface area contributed by atoms with E-state index in [9.17, 15) is 19.2 Å². The first-order valence-electron chi connectivity index (χ1n) is 15.0. The van der Waals surface area contributed by atoms with Crippen molar-refractivity contribution in [1.82, 2.24) is 0 Å². The number of hydrogen-bond acceptors (Lipinski definition) is 10. The second kappa shape index (κ2) is 39.1. The van der Waals surface area contributed by atoms with Gasteiger partial charge in [0.15, 0.2) is 0 Å². The van der Waals surface area contributed by atoms with E-state index in [2.05, 4.69) is 6.92 Å². The van der Waals surface area contributed by atoms with Crippen LogP contribution in [0.3, 0.4) is 0 Å². The van der Waals surface area contributed by atoms with Gasteiger partial charge in [-0.2, -0.15) is 5.26 Å². The summed E-state index contributed by atoms with van der Waals surface area (Å²) in [5, 5.41) is 8.89. The molecular formula is C41H79NO9. The van der Waals surface area contributed by atoms with E-state index in [0.29, 0.717) is 24.2 Å². The van der Waals surface area contributed by atoms with Crippen LogP contribution in [0.4, 0.5) is 0 Å². The predicted molar refractivity (Wildman–Crippen MR) is 214 cm³/mol. The number of benzene rings is 1. The van der Waals surface area contributed by atoms with Crippen LogP contribution in [-0.2, 0) is 38.1 Å². The summed E-state index contributed by atoms with van der Waals surface area (Å²) < 4.78 is 27.5.